The second-order valence-electron chi connectivity index (χ2n) is 31.9. The van der Waals surface area contributed by atoms with Crippen molar-refractivity contribution in [3.05, 3.63) is 306 Å². The molecule has 0 bridgehead atoms. The molecule has 698 valence electrons. The summed E-state index contributed by atoms with van der Waals surface area (Å²) in [7, 11) is 2.15. The molecule has 4 heterocycles. The van der Waals surface area contributed by atoms with Crippen LogP contribution in [0.5, 0.6) is 86.2 Å². The Labute approximate surface area is 830 Å². The molecule has 1 aliphatic rings. The Balaban J connectivity index is 0.000000203. The molecule has 1 fully saturated rings. The number of halogens is 1. The zero-order valence-electron chi connectivity index (χ0n) is 78.5. The van der Waals surface area contributed by atoms with E-state index in [1.807, 2.05) is 168 Å². The minimum Gasteiger partial charge on any atom is -0.545 e. The molecule has 1 aliphatic heterocycles. The van der Waals surface area contributed by atoms with Crippen LogP contribution in [-0.2, 0) is 63.9 Å². The largest absolute Gasteiger partial charge is 1.00 e. The number of carbonyl (C=O) groups excluding carboxylic acids is 3. The van der Waals surface area contributed by atoms with Gasteiger partial charge in [-0.15, -0.1) is 34.0 Å². The first kappa shape index (κ1) is 105. The number of esters is 2. The number of aromatic carboxylic acids is 1. The van der Waals surface area contributed by atoms with Gasteiger partial charge in [0.05, 0.1) is 74.8 Å². The number of methoxy groups -OCH3 is 2. The zero-order valence-corrected chi connectivity index (χ0v) is 84.6. The molecule has 0 aliphatic carbocycles. The number of phenols is 2. The number of benzene rings is 10. The molecule has 13 aromatic rings. The average molecular weight is 1950 g/mol. The molecule has 2 N–H and O–H groups in total. The summed E-state index contributed by atoms with van der Waals surface area (Å²) in [5.74, 6) is 6.20. The van der Waals surface area contributed by atoms with Gasteiger partial charge < -0.3 is 86.3 Å². The topological polar surface area (TPSA) is 244 Å². The van der Waals surface area contributed by atoms with Crippen LogP contribution in [0.4, 0.5) is 0 Å². The first-order valence-corrected chi connectivity index (χ1v) is 48.4. The maximum Gasteiger partial charge on any atom is 1.00 e. The van der Waals surface area contributed by atoms with Gasteiger partial charge in [0, 0.05) is 86.1 Å². The van der Waals surface area contributed by atoms with E-state index < -0.39 is 36.2 Å². The van der Waals surface area contributed by atoms with Gasteiger partial charge in [-0.05, 0) is 224 Å². The van der Waals surface area contributed by atoms with Crippen LogP contribution >= 0.6 is 49.9 Å². The number of aryl methyl sites for hydroxylation is 3. The quantitative estimate of drug-likeness (QED) is 0.0205. The van der Waals surface area contributed by atoms with Crippen LogP contribution in [-0.4, -0.2) is 100 Å². The number of para-hydroxylation sites is 3. The molecule has 20 nitrogen and oxygen atoms in total. The average Bonchev–Trinajstić information content (AvgIpc) is 1.61. The molecule has 14 rings (SSSR count). The minimum absolute atomic E-state index is 0. The number of phenolic OH excluding ortho intramolecular Hbond substituents is 2. The number of carboxylic acid groups (broad SMARTS) is 1. The fourth-order valence-electron chi connectivity index (χ4n) is 14.5. The van der Waals surface area contributed by atoms with E-state index in [9.17, 15) is 29.7 Å². The molecular weight excluding hydrogens is 1830 g/mol. The second-order valence-corrected chi connectivity index (χ2v) is 36.1. The Morgan fingerprint density at radius 1 is 0.381 bits per heavy atom. The third-order valence-electron chi connectivity index (χ3n) is 22.0. The van der Waals surface area contributed by atoms with Gasteiger partial charge >= 0.3 is 48.6 Å². The van der Waals surface area contributed by atoms with Crippen LogP contribution < -0.4 is 87.5 Å². The third-order valence-corrected chi connectivity index (χ3v) is 25.3. The van der Waals surface area contributed by atoms with E-state index in [2.05, 4.69) is 91.2 Å². The normalized spacial score (nSPS) is 12.1. The van der Waals surface area contributed by atoms with Crippen molar-refractivity contribution in [2.45, 2.75) is 164 Å². The van der Waals surface area contributed by atoms with Crippen molar-refractivity contribution < 1.29 is 125 Å². The minimum atomic E-state index is -1.29. The van der Waals surface area contributed by atoms with E-state index in [0.717, 1.165) is 134 Å². The molecule has 10 aromatic carbocycles. The fourth-order valence-corrected chi connectivity index (χ4v) is 16.9. The van der Waals surface area contributed by atoms with Crippen LogP contribution in [0.1, 0.15) is 178 Å². The van der Waals surface area contributed by atoms with Gasteiger partial charge in [0.1, 0.15) is 104 Å². The van der Waals surface area contributed by atoms with Crippen molar-refractivity contribution >= 4 is 80.4 Å². The van der Waals surface area contributed by atoms with Gasteiger partial charge in [0.2, 0.25) is 0 Å². The Kier molecular flexibility index (Phi) is 41.6. The Hall–Kier alpha value is -11.2. The summed E-state index contributed by atoms with van der Waals surface area (Å²) < 4.78 is 85.7. The van der Waals surface area contributed by atoms with Crippen molar-refractivity contribution in [2.75, 3.05) is 53.9 Å². The van der Waals surface area contributed by atoms with Crippen LogP contribution in [0.15, 0.2) is 250 Å². The fraction of sp³-hybridized carbons (Fsp3) is 0.306. The number of aromatic hydroxyl groups is 2. The first-order chi connectivity index (χ1) is 64.5. The molecule has 0 spiro atoms. The number of carbonyl (C=O) groups is 3. The van der Waals surface area contributed by atoms with Gasteiger partial charge in [0.15, 0.2) is 0 Å². The predicted octanol–water partition coefficient (Wildman–Crippen LogP) is 22.7. The Morgan fingerprint density at radius 3 is 1.07 bits per heavy atom. The van der Waals surface area contributed by atoms with Gasteiger partial charge in [0.25, 0.3) is 0 Å². The summed E-state index contributed by atoms with van der Waals surface area (Å²) >= 11 is 8.18. The maximum absolute atomic E-state index is 12.3. The number of hydrogen-bond donors (Lipinski definition) is 2. The number of ether oxygens (including phenoxy) is 12. The van der Waals surface area contributed by atoms with Crippen molar-refractivity contribution in [1.82, 2.24) is 0 Å². The molecule has 26 heteroatoms. The van der Waals surface area contributed by atoms with Gasteiger partial charge in [-0.25, -0.2) is 9.59 Å². The van der Waals surface area contributed by atoms with Crippen LogP contribution in [0, 0.1) is 0 Å². The molecule has 1 saturated heterocycles. The van der Waals surface area contributed by atoms with Gasteiger partial charge in [-0.3, -0.25) is 0 Å². The van der Waals surface area contributed by atoms with Crippen molar-refractivity contribution in [2.24, 2.45) is 0 Å². The maximum atomic E-state index is 12.3. The Morgan fingerprint density at radius 2 is 0.724 bits per heavy atom. The van der Waals surface area contributed by atoms with Crippen LogP contribution in [0.2, 0.25) is 0 Å². The third kappa shape index (κ3) is 29.2. The number of hydrogen-bond acceptors (Lipinski definition) is 23. The summed E-state index contributed by atoms with van der Waals surface area (Å²) in [4.78, 5) is 38.0. The molecular formula is C108H117BBrNaO20S3. The molecule has 0 saturated carbocycles. The van der Waals surface area contributed by atoms with Crippen molar-refractivity contribution in [1.29, 1.82) is 0 Å². The molecule has 0 radical (unpaired) electrons. The van der Waals surface area contributed by atoms with E-state index >= 15 is 0 Å². The van der Waals surface area contributed by atoms with Crippen LogP contribution in [0.25, 0.3) is 20.9 Å². The van der Waals surface area contributed by atoms with E-state index in [4.69, 9.17) is 66.2 Å². The number of rotatable bonds is 42. The van der Waals surface area contributed by atoms with E-state index in [1.165, 1.54) is 24.1 Å². The van der Waals surface area contributed by atoms with E-state index in [-0.39, 0.29) is 52.4 Å². The summed E-state index contributed by atoms with van der Waals surface area (Å²) in [6.45, 7) is 23.8. The molecule has 0 atom stereocenters. The van der Waals surface area contributed by atoms with Crippen molar-refractivity contribution in [3.63, 3.8) is 0 Å². The zero-order chi connectivity index (χ0) is 94.7. The summed E-state index contributed by atoms with van der Waals surface area (Å²) in [6.07, 6.45) is 9.22. The molecule has 0 unspecified atom stereocenters. The summed E-state index contributed by atoms with van der Waals surface area (Å²) in [5.41, 5.74) is 9.26. The SMILES string of the molecule is Brc1cccs1.CCCc1c(OCCCOc2cc(O)c(-c3cccs3)cc2CC)cccc1Oc1ccccc1C(=O)OC.CCCc1c(OCCCOc2cc(O)c(-c3cccs3)cc2CC)cccc1Oc1ccccc1C(=O)[O-].CCCc1c(OCCCOc2cc(OCc3ccccc3)c(B3OC(C)(C)C(C)(C)O3)cc2CC)cccc1Oc1ccccc1C(=O)OC.[Na+]. The molecule has 0 amide bonds. The van der Waals surface area contributed by atoms with Crippen molar-refractivity contribution in [3.8, 4) is 107 Å². The van der Waals surface area contributed by atoms with Crippen LogP contribution in [0.3, 0.4) is 0 Å². The number of thiophene rings is 3. The summed E-state index contributed by atoms with van der Waals surface area (Å²) in [6, 6.07) is 71.0. The predicted molar refractivity (Wildman–Crippen MR) is 531 cm³/mol. The van der Waals surface area contributed by atoms with Gasteiger partial charge in [-0.1, -0.05) is 170 Å². The number of carboxylic acids is 1. The van der Waals surface area contributed by atoms with E-state index in [0.29, 0.717) is 135 Å². The smallest absolute Gasteiger partial charge is 0.545 e. The van der Waals surface area contributed by atoms with E-state index in [1.54, 1.807) is 101 Å². The monoisotopic (exact) mass is 1940 g/mol. The Bertz CT molecular complexity index is 5860. The van der Waals surface area contributed by atoms with Gasteiger partial charge in [-0.2, -0.15) is 0 Å². The molecule has 3 aromatic heterocycles. The molecule has 134 heavy (non-hydrogen) atoms. The first-order valence-electron chi connectivity index (χ1n) is 45.0. The summed E-state index contributed by atoms with van der Waals surface area (Å²) in [5, 5.41) is 38.6. The second kappa shape index (κ2) is 53.2. The standard InChI is InChI=1S/C41H49BO8.C32H34O6S.C31H32O6S.C4H3BrS.Na/c1-8-17-31-34(22-15-23-35(31)48-36-21-14-13-20-32(36)39(43)44-7)45-24-16-25-46-37-27-38(47-28-29-18-11-10-12-19-29)33(26-30(37)9-2)42-49-40(3,4)41(5,6)50-42;1-4-11-23-27(14-8-15-28(23)38-29-13-7-6-12-24(29)32(34)35-3)36-17-10-18-37-30-21-26(33)25(20-22(30)5-2)31-16-9-19-39-31;1-3-10-22-26(13-7-14-27(22)37-28-12-6-5-11-23(28)31(33)34)35-16-9-17-36-29-20-25(32)24(19-21(29)4-2)30-15-8-18-38-30;5-4-2-1-3-6-4;/h10-15,18-23,26-27H,8-9,16-17,24-25,28H2,1-7H3;6-9,12-16,19-21,33H,4-5,10-11,17-18H2,1-3H3;5-8,11-15,18-20,32H,3-4,9-10,16-17H2,1-2H3,(H,33,34);1-3H;/q;;;;+1/p-1.